The molecule has 0 rings (SSSR count). The lowest BCUT2D eigenvalue weighted by Crippen LogP contribution is -2.20. The summed E-state index contributed by atoms with van der Waals surface area (Å²) < 4.78 is 0. The lowest BCUT2D eigenvalue weighted by atomic mass is 10.3. The van der Waals surface area contributed by atoms with Crippen molar-refractivity contribution in [1.29, 1.82) is 0 Å². The van der Waals surface area contributed by atoms with Crippen LogP contribution in [0, 0.1) is 0 Å². The van der Waals surface area contributed by atoms with E-state index in [1.165, 1.54) is 0 Å². The van der Waals surface area contributed by atoms with E-state index in [1.807, 2.05) is 25.8 Å². The average molecular weight is 143 g/mol. The van der Waals surface area contributed by atoms with Crippen LogP contribution in [0.2, 0.25) is 0 Å². The Bertz CT molecular complexity index is 141. The standard InChI is InChI=1S/C7H13NO2/c1-6(2)8(3)5-4-7(9)10/h4-6H,1-3H3,(H,9,10). The predicted molar refractivity (Wildman–Crippen MR) is 39.7 cm³/mol. The lowest BCUT2D eigenvalue weighted by Gasteiger charge is -2.17. The van der Waals surface area contributed by atoms with Crippen LogP contribution in [0.15, 0.2) is 12.3 Å². The summed E-state index contributed by atoms with van der Waals surface area (Å²) in [5.41, 5.74) is 0. The summed E-state index contributed by atoms with van der Waals surface area (Å²) in [5, 5.41) is 8.23. The Balaban J connectivity index is 3.77. The molecule has 0 saturated carbocycles. The molecule has 0 aromatic heterocycles. The molecule has 3 heteroatoms. The van der Waals surface area contributed by atoms with Gasteiger partial charge in [-0.3, -0.25) is 0 Å². The molecule has 58 valence electrons. The van der Waals surface area contributed by atoms with E-state index in [0.29, 0.717) is 6.04 Å². The molecule has 0 aliphatic heterocycles. The van der Waals surface area contributed by atoms with Gasteiger partial charge in [-0.1, -0.05) is 0 Å². The third kappa shape index (κ3) is 3.95. The van der Waals surface area contributed by atoms with E-state index < -0.39 is 5.97 Å². The van der Waals surface area contributed by atoms with Gasteiger partial charge in [-0.25, -0.2) is 4.79 Å². The zero-order chi connectivity index (χ0) is 8.15. The first-order valence-corrected chi connectivity index (χ1v) is 3.17. The van der Waals surface area contributed by atoms with Gasteiger partial charge < -0.3 is 10.0 Å². The fraction of sp³-hybridized carbons (Fsp3) is 0.571. The van der Waals surface area contributed by atoms with Crippen molar-refractivity contribution in [2.75, 3.05) is 7.05 Å². The molecule has 0 radical (unpaired) electrons. The van der Waals surface area contributed by atoms with Gasteiger partial charge in [0, 0.05) is 25.4 Å². The second-order valence-electron chi connectivity index (χ2n) is 2.41. The van der Waals surface area contributed by atoms with E-state index in [1.54, 1.807) is 6.20 Å². The van der Waals surface area contributed by atoms with Crippen LogP contribution in [-0.2, 0) is 4.79 Å². The first-order chi connectivity index (χ1) is 4.54. The molecule has 0 unspecified atom stereocenters. The molecule has 0 saturated heterocycles. The van der Waals surface area contributed by atoms with Gasteiger partial charge in [-0.15, -0.1) is 0 Å². The van der Waals surface area contributed by atoms with E-state index in [0.717, 1.165) is 6.08 Å². The zero-order valence-corrected chi connectivity index (χ0v) is 6.53. The second kappa shape index (κ2) is 3.93. The van der Waals surface area contributed by atoms with Gasteiger partial charge in [0.25, 0.3) is 0 Å². The van der Waals surface area contributed by atoms with Crippen molar-refractivity contribution in [1.82, 2.24) is 4.90 Å². The highest BCUT2D eigenvalue weighted by atomic mass is 16.4. The maximum Gasteiger partial charge on any atom is 0.329 e. The largest absolute Gasteiger partial charge is 0.478 e. The zero-order valence-electron chi connectivity index (χ0n) is 6.53. The van der Waals surface area contributed by atoms with Crippen LogP contribution in [0.3, 0.4) is 0 Å². The summed E-state index contributed by atoms with van der Waals surface area (Å²) in [6.45, 7) is 3.98. The van der Waals surface area contributed by atoms with Crippen molar-refractivity contribution in [3.05, 3.63) is 12.3 Å². The van der Waals surface area contributed by atoms with Crippen molar-refractivity contribution in [3.8, 4) is 0 Å². The molecule has 3 nitrogen and oxygen atoms in total. The van der Waals surface area contributed by atoms with E-state index in [-0.39, 0.29) is 0 Å². The van der Waals surface area contributed by atoms with Gasteiger partial charge in [-0.2, -0.15) is 0 Å². The summed E-state index contributed by atoms with van der Waals surface area (Å²) in [7, 11) is 1.84. The number of carboxylic acids is 1. The highest BCUT2D eigenvalue weighted by molar-refractivity contribution is 5.79. The summed E-state index contributed by atoms with van der Waals surface area (Å²) in [5.74, 6) is -0.910. The Kier molecular flexibility index (Phi) is 3.54. The van der Waals surface area contributed by atoms with Crippen LogP contribution in [0.4, 0.5) is 0 Å². The molecule has 1 N–H and O–H groups in total. The van der Waals surface area contributed by atoms with Gasteiger partial charge in [-0.05, 0) is 13.8 Å². The number of nitrogens with zero attached hydrogens (tertiary/aromatic N) is 1. The first-order valence-electron chi connectivity index (χ1n) is 3.17. The van der Waals surface area contributed by atoms with Crippen LogP contribution < -0.4 is 0 Å². The molecule has 0 amide bonds. The van der Waals surface area contributed by atoms with Crippen LogP contribution >= 0.6 is 0 Å². The number of carbonyl (C=O) groups is 1. The Morgan fingerprint density at radius 2 is 2.10 bits per heavy atom. The fourth-order valence-electron chi connectivity index (χ4n) is 0.353. The number of carboxylic acid groups (broad SMARTS) is 1. The Morgan fingerprint density at radius 3 is 2.40 bits per heavy atom. The third-order valence-corrected chi connectivity index (χ3v) is 1.27. The smallest absolute Gasteiger partial charge is 0.329 e. The molecule has 0 aromatic carbocycles. The summed E-state index contributed by atoms with van der Waals surface area (Å²) in [4.78, 5) is 11.8. The number of aliphatic carboxylic acids is 1. The average Bonchev–Trinajstić information content (AvgIpc) is 1.82. The number of hydrogen-bond acceptors (Lipinski definition) is 2. The molecule has 0 aliphatic carbocycles. The van der Waals surface area contributed by atoms with Crippen LogP contribution in [0.25, 0.3) is 0 Å². The minimum Gasteiger partial charge on any atom is -0.478 e. The second-order valence-corrected chi connectivity index (χ2v) is 2.41. The van der Waals surface area contributed by atoms with Crippen molar-refractivity contribution in [2.24, 2.45) is 0 Å². The Morgan fingerprint density at radius 1 is 1.60 bits per heavy atom. The van der Waals surface area contributed by atoms with Gasteiger partial charge in [0.1, 0.15) is 0 Å². The first kappa shape index (κ1) is 9.01. The van der Waals surface area contributed by atoms with Crippen LogP contribution in [-0.4, -0.2) is 29.1 Å². The topological polar surface area (TPSA) is 40.5 Å². The Hall–Kier alpha value is -0.990. The van der Waals surface area contributed by atoms with Crippen molar-refractivity contribution < 1.29 is 9.90 Å². The lowest BCUT2D eigenvalue weighted by molar-refractivity contribution is -0.131. The molecule has 0 heterocycles. The molecule has 0 aliphatic rings. The summed E-state index contributed by atoms with van der Waals surface area (Å²) in [6, 6.07) is 0.343. The van der Waals surface area contributed by atoms with Crippen molar-refractivity contribution >= 4 is 5.97 Å². The van der Waals surface area contributed by atoms with Crippen molar-refractivity contribution in [3.63, 3.8) is 0 Å². The maximum absolute atomic E-state index is 10.0. The van der Waals surface area contributed by atoms with E-state index in [4.69, 9.17) is 5.11 Å². The third-order valence-electron chi connectivity index (χ3n) is 1.27. The Labute approximate surface area is 61.0 Å². The number of hydrogen-bond donors (Lipinski definition) is 1. The van der Waals surface area contributed by atoms with Crippen LogP contribution in [0.1, 0.15) is 13.8 Å². The van der Waals surface area contributed by atoms with E-state index >= 15 is 0 Å². The van der Waals surface area contributed by atoms with Gasteiger partial charge in [0.05, 0.1) is 0 Å². The van der Waals surface area contributed by atoms with E-state index in [9.17, 15) is 4.79 Å². The van der Waals surface area contributed by atoms with Crippen LogP contribution in [0.5, 0.6) is 0 Å². The minimum absolute atomic E-state index is 0.343. The minimum atomic E-state index is -0.910. The van der Waals surface area contributed by atoms with Gasteiger partial charge in [0.2, 0.25) is 0 Å². The fourth-order valence-corrected chi connectivity index (χ4v) is 0.353. The summed E-state index contributed by atoms with van der Waals surface area (Å²) in [6.07, 6.45) is 2.67. The molecule has 0 atom stereocenters. The highest BCUT2D eigenvalue weighted by Crippen LogP contribution is 1.92. The molecule has 0 bridgehead atoms. The van der Waals surface area contributed by atoms with E-state index in [2.05, 4.69) is 0 Å². The molecule has 0 spiro atoms. The number of rotatable bonds is 3. The highest BCUT2D eigenvalue weighted by Gasteiger charge is 1.95. The molecule has 0 aromatic rings. The van der Waals surface area contributed by atoms with Gasteiger partial charge in [0.15, 0.2) is 0 Å². The predicted octanol–water partition coefficient (Wildman–Crippen LogP) is 0.925. The monoisotopic (exact) mass is 143 g/mol. The SMILES string of the molecule is CC(C)N(C)C=CC(=O)O. The summed E-state index contributed by atoms with van der Waals surface area (Å²) >= 11 is 0. The molecular weight excluding hydrogens is 130 g/mol. The molecular formula is C7H13NO2. The van der Waals surface area contributed by atoms with Crippen molar-refractivity contribution in [2.45, 2.75) is 19.9 Å². The normalized spacial score (nSPS) is 10.8. The van der Waals surface area contributed by atoms with Gasteiger partial charge >= 0.3 is 5.97 Å². The molecule has 10 heavy (non-hydrogen) atoms. The maximum atomic E-state index is 10.0. The quantitative estimate of drug-likeness (QED) is 0.597. The molecule has 0 fully saturated rings.